The molecule has 2 nitrogen and oxygen atoms in total. The quantitative estimate of drug-likeness (QED) is 0.607. The molecule has 4 rings (SSSR count). The van der Waals surface area contributed by atoms with Crippen molar-refractivity contribution in [3.8, 4) is 0 Å². The molecule has 1 atom stereocenters. The Kier molecular flexibility index (Phi) is 4.61. The van der Waals surface area contributed by atoms with E-state index >= 15 is 0 Å². The second kappa shape index (κ2) is 7.36. The summed E-state index contributed by atoms with van der Waals surface area (Å²) in [6.45, 7) is -0.552. The zero-order valence-electron chi connectivity index (χ0n) is 14.3. The molecule has 0 aromatic heterocycles. The molecule has 1 unspecified atom stereocenters. The zero-order valence-corrected chi connectivity index (χ0v) is 14.3. The summed E-state index contributed by atoms with van der Waals surface area (Å²) in [7, 11) is 0. The lowest BCUT2D eigenvalue weighted by Gasteiger charge is -2.35. The minimum absolute atomic E-state index is 0.301. The fourth-order valence-electron chi connectivity index (χ4n) is 3.23. The van der Waals surface area contributed by atoms with Gasteiger partial charge in [-0.05, 0) is 29.3 Å². The third-order valence-electron chi connectivity index (χ3n) is 4.46. The molecule has 128 valence electrons. The number of halogens is 1. The third kappa shape index (κ3) is 3.16. The molecular formula is C23H19FN2. The minimum Gasteiger partial charge on any atom is -0.316 e. The first-order valence-electron chi connectivity index (χ1n) is 8.66. The summed E-state index contributed by atoms with van der Waals surface area (Å²) < 4.78 is 14.0. The maximum atomic E-state index is 14.0. The number of nitrogens with zero attached hydrogens (tertiary/aromatic N) is 2. The Labute approximate surface area is 152 Å². The second-order valence-electron chi connectivity index (χ2n) is 6.14. The molecule has 0 saturated heterocycles. The van der Waals surface area contributed by atoms with Crippen LogP contribution in [0.2, 0.25) is 0 Å². The van der Waals surface area contributed by atoms with E-state index in [1.165, 1.54) is 0 Å². The van der Waals surface area contributed by atoms with E-state index in [0.29, 0.717) is 5.70 Å². The van der Waals surface area contributed by atoms with Gasteiger partial charge >= 0.3 is 0 Å². The summed E-state index contributed by atoms with van der Waals surface area (Å²) in [5, 5.41) is 0. The number of rotatable bonds is 4. The van der Waals surface area contributed by atoms with Crippen LogP contribution in [-0.4, -0.2) is 12.4 Å². The van der Waals surface area contributed by atoms with Crippen LogP contribution in [0, 0.1) is 0 Å². The summed E-state index contributed by atoms with van der Waals surface area (Å²) >= 11 is 0. The van der Waals surface area contributed by atoms with E-state index < -0.39 is 6.67 Å². The van der Waals surface area contributed by atoms with E-state index in [9.17, 15) is 4.39 Å². The highest BCUT2D eigenvalue weighted by Gasteiger charge is 2.28. The molecular weight excluding hydrogens is 323 g/mol. The van der Waals surface area contributed by atoms with Crippen LogP contribution >= 0.6 is 0 Å². The van der Waals surface area contributed by atoms with Gasteiger partial charge in [0.25, 0.3) is 0 Å². The molecule has 0 aliphatic carbocycles. The number of allylic oxidation sites excluding steroid dienone is 2. The van der Waals surface area contributed by atoms with Gasteiger partial charge in [-0.25, -0.2) is 4.39 Å². The smallest absolute Gasteiger partial charge is 0.151 e. The average molecular weight is 342 g/mol. The van der Waals surface area contributed by atoms with Crippen molar-refractivity contribution < 1.29 is 4.39 Å². The molecule has 3 heteroatoms. The number of anilines is 1. The molecule has 0 bridgehead atoms. The Morgan fingerprint density at radius 1 is 0.769 bits per heavy atom. The van der Waals surface area contributed by atoms with Crippen LogP contribution in [0.3, 0.4) is 0 Å². The van der Waals surface area contributed by atoms with E-state index in [4.69, 9.17) is 4.99 Å². The lowest BCUT2D eigenvalue weighted by atomic mass is 10.0. The maximum Gasteiger partial charge on any atom is 0.151 e. The Morgan fingerprint density at radius 2 is 1.35 bits per heavy atom. The average Bonchev–Trinajstić information content (AvgIpc) is 2.74. The molecule has 26 heavy (non-hydrogen) atoms. The topological polar surface area (TPSA) is 15.6 Å². The van der Waals surface area contributed by atoms with Gasteiger partial charge in [-0.3, -0.25) is 4.99 Å². The van der Waals surface area contributed by atoms with E-state index in [2.05, 4.69) is 0 Å². The van der Waals surface area contributed by atoms with Crippen molar-refractivity contribution in [2.24, 2.45) is 4.99 Å². The number of aliphatic imine (C=N–C) groups is 1. The molecule has 0 radical (unpaired) electrons. The second-order valence-corrected chi connectivity index (χ2v) is 6.14. The van der Waals surface area contributed by atoms with Crippen molar-refractivity contribution in [3.63, 3.8) is 0 Å². The summed E-state index contributed by atoms with van der Waals surface area (Å²) in [6, 6.07) is 29.8. The van der Waals surface area contributed by atoms with Crippen LogP contribution in [-0.2, 0) is 0 Å². The number of hydrogen-bond acceptors (Lipinski definition) is 2. The van der Waals surface area contributed by atoms with Gasteiger partial charge in [0.2, 0.25) is 0 Å². The first-order valence-corrected chi connectivity index (χ1v) is 8.66. The monoisotopic (exact) mass is 342 g/mol. The number of alkyl halides is 1. The fraction of sp³-hybridized carbons (Fsp3) is 0.0870. The fourth-order valence-corrected chi connectivity index (χ4v) is 3.23. The van der Waals surface area contributed by atoms with Gasteiger partial charge in [-0.2, -0.15) is 0 Å². The highest BCUT2D eigenvalue weighted by Crippen LogP contribution is 2.35. The van der Waals surface area contributed by atoms with E-state index in [1.54, 1.807) is 0 Å². The van der Waals surface area contributed by atoms with E-state index in [-0.39, 0.29) is 6.17 Å². The van der Waals surface area contributed by atoms with Crippen molar-refractivity contribution in [1.82, 2.24) is 0 Å². The Bertz CT molecular complexity index is 918. The lowest BCUT2D eigenvalue weighted by Crippen LogP contribution is -2.32. The molecule has 0 N–H and O–H groups in total. The summed E-state index contributed by atoms with van der Waals surface area (Å²) in [4.78, 5) is 6.95. The van der Waals surface area contributed by atoms with Gasteiger partial charge in [0.05, 0.1) is 11.4 Å². The molecule has 3 aromatic rings. The standard InChI is InChI=1S/C23H19FN2/c24-17-21-16-22(18-10-4-1-5-11-18)25-23(19-12-6-2-7-13-19)26(21)20-14-8-3-9-15-20/h1-16,23H,17H2. The largest absolute Gasteiger partial charge is 0.316 e. The van der Waals surface area contributed by atoms with Gasteiger partial charge in [-0.1, -0.05) is 78.9 Å². The summed E-state index contributed by atoms with van der Waals surface area (Å²) in [6.07, 6.45) is 1.55. The van der Waals surface area contributed by atoms with Crippen molar-refractivity contribution in [2.45, 2.75) is 6.17 Å². The van der Waals surface area contributed by atoms with Gasteiger partial charge in [0.15, 0.2) is 6.17 Å². The first-order chi connectivity index (χ1) is 12.9. The van der Waals surface area contributed by atoms with Crippen molar-refractivity contribution in [2.75, 3.05) is 11.6 Å². The third-order valence-corrected chi connectivity index (χ3v) is 4.46. The van der Waals surface area contributed by atoms with Crippen LogP contribution in [0.5, 0.6) is 0 Å². The van der Waals surface area contributed by atoms with Crippen LogP contribution < -0.4 is 4.90 Å². The van der Waals surface area contributed by atoms with Gasteiger partial charge in [-0.15, -0.1) is 0 Å². The summed E-state index contributed by atoms with van der Waals surface area (Å²) in [5.41, 5.74) is 4.37. The van der Waals surface area contributed by atoms with Crippen LogP contribution in [0.4, 0.5) is 10.1 Å². The van der Waals surface area contributed by atoms with Crippen molar-refractivity contribution in [1.29, 1.82) is 0 Å². The van der Waals surface area contributed by atoms with Crippen LogP contribution in [0.1, 0.15) is 17.3 Å². The molecule has 0 spiro atoms. The van der Waals surface area contributed by atoms with Crippen molar-refractivity contribution in [3.05, 3.63) is 114 Å². The van der Waals surface area contributed by atoms with Crippen molar-refractivity contribution >= 4 is 11.4 Å². The maximum absolute atomic E-state index is 14.0. The Morgan fingerprint density at radius 3 is 1.96 bits per heavy atom. The highest BCUT2D eigenvalue weighted by atomic mass is 19.1. The zero-order chi connectivity index (χ0) is 17.8. The molecule has 0 fully saturated rings. The van der Waals surface area contributed by atoms with Crippen LogP contribution in [0.25, 0.3) is 0 Å². The Hall–Kier alpha value is -3.20. The highest BCUT2D eigenvalue weighted by molar-refractivity contribution is 6.10. The number of hydrogen-bond donors (Lipinski definition) is 0. The number of para-hydroxylation sites is 1. The SMILES string of the molecule is FCC1=CC(c2ccccc2)=NC(c2ccccc2)N1c1ccccc1. The van der Waals surface area contributed by atoms with Gasteiger partial charge < -0.3 is 4.90 Å². The molecule has 1 aliphatic rings. The Balaban J connectivity index is 1.86. The first kappa shape index (κ1) is 16.3. The lowest BCUT2D eigenvalue weighted by molar-refractivity contribution is 0.517. The van der Waals surface area contributed by atoms with E-state index in [0.717, 1.165) is 22.5 Å². The van der Waals surface area contributed by atoms with Gasteiger partial charge in [0, 0.05) is 5.69 Å². The molecule has 0 amide bonds. The predicted molar refractivity (Wildman–Crippen MR) is 105 cm³/mol. The van der Waals surface area contributed by atoms with E-state index in [1.807, 2.05) is 102 Å². The van der Waals surface area contributed by atoms with Gasteiger partial charge in [0.1, 0.15) is 6.67 Å². The molecule has 3 aromatic carbocycles. The number of benzene rings is 3. The predicted octanol–water partition coefficient (Wildman–Crippen LogP) is 5.55. The molecule has 0 saturated carbocycles. The van der Waals surface area contributed by atoms with Crippen LogP contribution in [0.15, 0.2) is 108 Å². The molecule has 1 aliphatic heterocycles. The molecule has 1 heterocycles. The minimum atomic E-state index is -0.552. The normalized spacial score (nSPS) is 16.8. The summed E-state index contributed by atoms with van der Waals surface area (Å²) in [5.74, 6) is 0.